The van der Waals surface area contributed by atoms with Gasteiger partial charge in [0.25, 0.3) is 0 Å². The molecule has 25 heavy (non-hydrogen) atoms. The molecule has 1 aromatic carbocycles. The minimum atomic E-state index is -0.757. The molecule has 0 saturated carbocycles. The zero-order valence-corrected chi connectivity index (χ0v) is 14.3. The van der Waals surface area contributed by atoms with Crippen LogP contribution in [0.5, 0.6) is 11.5 Å². The van der Waals surface area contributed by atoms with Crippen LogP contribution in [-0.4, -0.2) is 35.5 Å². The summed E-state index contributed by atoms with van der Waals surface area (Å²) in [6.45, 7) is 5.93. The van der Waals surface area contributed by atoms with Gasteiger partial charge >= 0.3 is 0 Å². The highest BCUT2D eigenvalue weighted by Crippen LogP contribution is 2.41. The van der Waals surface area contributed by atoms with E-state index in [1.165, 1.54) is 12.3 Å². The van der Waals surface area contributed by atoms with Crippen molar-refractivity contribution in [1.29, 1.82) is 0 Å². The van der Waals surface area contributed by atoms with Crippen molar-refractivity contribution in [3.8, 4) is 11.5 Å². The van der Waals surface area contributed by atoms with Gasteiger partial charge in [0.15, 0.2) is 16.6 Å². The van der Waals surface area contributed by atoms with Gasteiger partial charge in [-0.3, -0.25) is 4.79 Å². The predicted molar refractivity (Wildman–Crippen MR) is 93.3 cm³/mol. The van der Waals surface area contributed by atoms with Gasteiger partial charge in [-0.1, -0.05) is 13.8 Å². The molecule has 3 aromatic rings. The van der Waals surface area contributed by atoms with E-state index in [9.17, 15) is 15.0 Å². The molecule has 134 valence electrons. The predicted octanol–water partition coefficient (Wildman–Crippen LogP) is 2.29. The Morgan fingerprint density at radius 3 is 2.80 bits per heavy atom. The van der Waals surface area contributed by atoms with E-state index in [4.69, 9.17) is 13.6 Å². The second kappa shape index (κ2) is 6.78. The molecular weight excluding hydrogens is 326 g/mol. The number of nitrogens with one attached hydrogen (secondary N) is 1. The zero-order chi connectivity index (χ0) is 18.1. The van der Waals surface area contributed by atoms with E-state index in [2.05, 4.69) is 5.32 Å². The summed E-state index contributed by atoms with van der Waals surface area (Å²) in [6, 6.07) is 3.09. The molecule has 3 rings (SSSR count). The molecule has 0 radical (unpaired) electrons. The van der Waals surface area contributed by atoms with Gasteiger partial charge in [-0.05, 0) is 13.0 Å². The number of aryl methyl sites for hydroxylation is 1. The number of aliphatic hydroxyl groups is 1. The number of hydrogen-bond donors (Lipinski definition) is 3. The van der Waals surface area contributed by atoms with Gasteiger partial charge < -0.3 is 29.1 Å². The minimum Gasteiger partial charge on any atom is -0.506 e. The molecule has 0 spiro atoms. The molecule has 0 fully saturated rings. The maximum Gasteiger partial charge on any atom is 0.206 e. The standard InChI is InChI=1S/C18H21NO6/c1-9(2)19-7-11(20)8-24-18-16-12(4-5-23-16)15(22)14-13(21)6-10(3)25-17(14)18/h4-6,9,11,19-20,22H,7-8H2,1-3H3/t11-/m0/s1. The van der Waals surface area contributed by atoms with Crippen LogP contribution < -0.4 is 15.5 Å². The molecule has 0 saturated heterocycles. The van der Waals surface area contributed by atoms with Crippen molar-refractivity contribution in [2.75, 3.05) is 13.2 Å². The summed E-state index contributed by atoms with van der Waals surface area (Å²) in [5.41, 5.74) is 0.00274. The molecule has 3 N–H and O–H groups in total. The lowest BCUT2D eigenvalue weighted by molar-refractivity contribution is 0.105. The van der Waals surface area contributed by atoms with Gasteiger partial charge in [0.2, 0.25) is 5.75 Å². The van der Waals surface area contributed by atoms with E-state index in [1.807, 2.05) is 13.8 Å². The Balaban J connectivity index is 2.04. The van der Waals surface area contributed by atoms with E-state index in [0.29, 0.717) is 17.7 Å². The highest BCUT2D eigenvalue weighted by Gasteiger charge is 2.22. The number of hydrogen-bond acceptors (Lipinski definition) is 7. The maximum atomic E-state index is 12.3. The van der Waals surface area contributed by atoms with Crippen LogP contribution in [0.25, 0.3) is 21.9 Å². The van der Waals surface area contributed by atoms with Crippen LogP contribution >= 0.6 is 0 Å². The molecule has 0 aliphatic heterocycles. The number of phenols is 1. The van der Waals surface area contributed by atoms with Crippen LogP contribution in [0, 0.1) is 6.92 Å². The van der Waals surface area contributed by atoms with Crippen molar-refractivity contribution in [3.63, 3.8) is 0 Å². The zero-order valence-electron chi connectivity index (χ0n) is 14.3. The Morgan fingerprint density at radius 1 is 1.32 bits per heavy atom. The van der Waals surface area contributed by atoms with Crippen LogP contribution in [0.15, 0.2) is 32.0 Å². The third-order valence-corrected chi connectivity index (χ3v) is 3.82. The molecule has 2 heterocycles. The first kappa shape index (κ1) is 17.3. The van der Waals surface area contributed by atoms with Crippen molar-refractivity contribution in [3.05, 3.63) is 34.4 Å². The number of rotatable bonds is 6. The molecule has 1 atom stereocenters. The van der Waals surface area contributed by atoms with E-state index >= 15 is 0 Å². The Hall–Kier alpha value is -2.51. The van der Waals surface area contributed by atoms with Crippen LogP contribution in [0.1, 0.15) is 19.6 Å². The number of aromatic hydroxyl groups is 1. The van der Waals surface area contributed by atoms with Crippen molar-refractivity contribution in [2.45, 2.75) is 32.9 Å². The fraction of sp³-hybridized carbons (Fsp3) is 0.389. The Bertz CT molecular complexity index is 955. The van der Waals surface area contributed by atoms with Crippen LogP contribution in [0.3, 0.4) is 0 Å². The van der Waals surface area contributed by atoms with E-state index in [1.54, 1.807) is 13.0 Å². The van der Waals surface area contributed by atoms with Gasteiger partial charge in [0.1, 0.15) is 29.6 Å². The van der Waals surface area contributed by atoms with Gasteiger partial charge in [0, 0.05) is 18.7 Å². The molecule has 7 heteroatoms. The lowest BCUT2D eigenvalue weighted by Crippen LogP contribution is -2.35. The van der Waals surface area contributed by atoms with E-state index in [0.717, 1.165) is 0 Å². The Kier molecular flexibility index (Phi) is 4.69. The number of ether oxygens (including phenoxy) is 1. The smallest absolute Gasteiger partial charge is 0.206 e. The van der Waals surface area contributed by atoms with Crippen LogP contribution in [0.4, 0.5) is 0 Å². The van der Waals surface area contributed by atoms with E-state index in [-0.39, 0.29) is 46.1 Å². The summed E-state index contributed by atoms with van der Waals surface area (Å²) < 4.78 is 16.7. The first-order valence-corrected chi connectivity index (χ1v) is 8.09. The highest BCUT2D eigenvalue weighted by molar-refractivity contribution is 6.06. The van der Waals surface area contributed by atoms with Gasteiger partial charge in [-0.25, -0.2) is 0 Å². The summed E-state index contributed by atoms with van der Waals surface area (Å²) in [5.74, 6) is 0.369. The minimum absolute atomic E-state index is 0.0208. The summed E-state index contributed by atoms with van der Waals surface area (Å²) >= 11 is 0. The first-order chi connectivity index (χ1) is 11.9. The van der Waals surface area contributed by atoms with Gasteiger partial charge in [-0.15, -0.1) is 0 Å². The summed E-state index contributed by atoms with van der Waals surface area (Å²) in [6.07, 6.45) is 0.636. The van der Waals surface area contributed by atoms with Gasteiger partial charge in [-0.2, -0.15) is 0 Å². The second-order valence-corrected chi connectivity index (χ2v) is 6.29. The molecular formula is C18H21NO6. The third-order valence-electron chi connectivity index (χ3n) is 3.82. The fourth-order valence-electron chi connectivity index (χ4n) is 2.64. The SMILES string of the molecule is Cc1cc(=O)c2c(O)c3ccoc3c(OC[C@@H](O)CNC(C)C)c2o1. The Morgan fingerprint density at radius 2 is 2.08 bits per heavy atom. The third kappa shape index (κ3) is 3.33. The van der Waals surface area contributed by atoms with Crippen molar-refractivity contribution < 1.29 is 23.8 Å². The second-order valence-electron chi connectivity index (χ2n) is 6.29. The van der Waals surface area contributed by atoms with Crippen molar-refractivity contribution in [2.24, 2.45) is 0 Å². The largest absolute Gasteiger partial charge is 0.506 e. The number of fused-ring (bicyclic) bond motifs is 2. The first-order valence-electron chi connectivity index (χ1n) is 8.09. The van der Waals surface area contributed by atoms with Crippen molar-refractivity contribution >= 4 is 21.9 Å². The summed E-state index contributed by atoms with van der Waals surface area (Å²) in [7, 11) is 0. The van der Waals surface area contributed by atoms with Crippen molar-refractivity contribution in [1.82, 2.24) is 5.32 Å². The van der Waals surface area contributed by atoms with Crippen LogP contribution in [-0.2, 0) is 0 Å². The molecule has 0 unspecified atom stereocenters. The number of phenolic OH excluding ortho intramolecular Hbond substituents is 1. The molecule has 0 amide bonds. The topological polar surface area (TPSA) is 105 Å². The molecule has 7 nitrogen and oxygen atoms in total. The molecule has 2 aromatic heterocycles. The lowest BCUT2D eigenvalue weighted by atomic mass is 10.1. The summed E-state index contributed by atoms with van der Waals surface area (Å²) in [5, 5.41) is 23.9. The molecule has 0 bridgehead atoms. The average molecular weight is 347 g/mol. The highest BCUT2D eigenvalue weighted by atomic mass is 16.5. The average Bonchev–Trinajstić information content (AvgIpc) is 3.01. The fourth-order valence-corrected chi connectivity index (χ4v) is 2.64. The number of benzene rings is 1. The maximum absolute atomic E-state index is 12.3. The van der Waals surface area contributed by atoms with E-state index < -0.39 is 6.10 Å². The lowest BCUT2D eigenvalue weighted by Gasteiger charge is -2.16. The number of furan rings is 1. The number of aliphatic hydroxyl groups excluding tert-OH is 1. The Labute approximate surface area is 143 Å². The van der Waals surface area contributed by atoms with Crippen LogP contribution in [0.2, 0.25) is 0 Å². The molecule has 0 aliphatic carbocycles. The quantitative estimate of drug-likeness (QED) is 0.628. The monoisotopic (exact) mass is 347 g/mol. The molecule has 0 aliphatic rings. The summed E-state index contributed by atoms with van der Waals surface area (Å²) in [4.78, 5) is 12.3. The van der Waals surface area contributed by atoms with Gasteiger partial charge in [0.05, 0.1) is 11.6 Å². The normalized spacial score (nSPS) is 13.0.